The lowest BCUT2D eigenvalue weighted by Crippen LogP contribution is -2.47. The molecule has 3 heterocycles. The number of anilines is 1. The van der Waals surface area contributed by atoms with E-state index >= 15 is 0 Å². The maximum absolute atomic E-state index is 13.0. The summed E-state index contributed by atoms with van der Waals surface area (Å²) >= 11 is 3.44. The van der Waals surface area contributed by atoms with Crippen LogP contribution in [0.2, 0.25) is 0 Å². The van der Waals surface area contributed by atoms with Gasteiger partial charge in [0.05, 0.1) is 65.4 Å². The number of ether oxygens (including phenoxy) is 1. The molecular formula is C27H29BrN6O2. The van der Waals surface area contributed by atoms with E-state index in [1.54, 1.807) is 17.1 Å². The molecule has 1 aromatic carbocycles. The second kappa shape index (κ2) is 10.5. The third kappa shape index (κ3) is 4.94. The number of nitrogens with zero attached hydrogens (tertiary/aromatic N) is 5. The summed E-state index contributed by atoms with van der Waals surface area (Å²) in [5.74, 6) is -0.244. The Labute approximate surface area is 219 Å². The van der Waals surface area contributed by atoms with Gasteiger partial charge in [0, 0.05) is 23.6 Å². The van der Waals surface area contributed by atoms with Gasteiger partial charge in [-0.05, 0) is 69.0 Å². The standard InChI is InChI=1S/C27H29BrN6O2/c1-19-24(17-31-34(19)23-5-2-20(28)3-6-23)26(35)32-21-4-7-25(30-16-21)27(18-29)10-8-22(9-11-27)33-12-14-36-15-13-33/h2-7,16-17,22H,8-15H2,1H3,(H,32,35). The number of amides is 1. The summed E-state index contributed by atoms with van der Waals surface area (Å²) in [5.41, 5.74) is 2.92. The van der Waals surface area contributed by atoms with Crippen LogP contribution in [0.25, 0.3) is 5.69 Å². The summed E-state index contributed by atoms with van der Waals surface area (Å²) in [5, 5.41) is 17.4. The van der Waals surface area contributed by atoms with Gasteiger partial charge in [0.2, 0.25) is 0 Å². The van der Waals surface area contributed by atoms with Gasteiger partial charge in [0.1, 0.15) is 0 Å². The number of nitrogens with one attached hydrogen (secondary N) is 1. The fourth-order valence-corrected chi connectivity index (χ4v) is 5.52. The first-order valence-electron chi connectivity index (χ1n) is 12.3. The minimum Gasteiger partial charge on any atom is -0.379 e. The SMILES string of the molecule is Cc1c(C(=O)Nc2ccc(C3(C#N)CCC(N4CCOCC4)CC3)nc2)cnn1-c1ccc(Br)cc1. The number of benzene rings is 1. The molecule has 9 heteroatoms. The maximum atomic E-state index is 13.0. The monoisotopic (exact) mass is 548 g/mol. The van der Waals surface area contributed by atoms with Crippen molar-refractivity contribution in [2.75, 3.05) is 31.6 Å². The molecule has 3 aromatic rings. The van der Waals surface area contributed by atoms with E-state index in [4.69, 9.17) is 4.74 Å². The van der Waals surface area contributed by atoms with Crippen LogP contribution in [0.4, 0.5) is 5.69 Å². The number of carbonyl (C=O) groups is 1. The van der Waals surface area contributed by atoms with Gasteiger partial charge in [-0.1, -0.05) is 15.9 Å². The predicted molar refractivity (Wildman–Crippen MR) is 140 cm³/mol. The topological polar surface area (TPSA) is 96.1 Å². The van der Waals surface area contributed by atoms with Crippen LogP contribution >= 0.6 is 15.9 Å². The summed E-state index contributed by atoms with van der Waals surface area (Å²) in [4.78, 5) is 20.1. The van der Waals surface area contributed by atoms with E-state index in [0.717, 1.165) is 73.5 Å². The van der Waals surface area contributed by atoms with Crippen LogP contribution in [0, 0.1) is 18.3 Å². The van der Waals surface area contributed by atoms with Crippen LogP contribution in [-0.2, 0) is 10.2 Å². The Kier molecular flexibility index (Phi) is 7.19. The zero-order chi connectivity index (χ0) is 25.1. The molecule has 5 rings (SSSR count). The average Bonchev–Trinajstić information content (AvgIpc) is 3.31. The van der Waals surface area contributed by atoms with Gasteiger partial charge in [-0.2, -0.15) is 10.4 Å². The molecule has 1 saturated heterocycles. The van der Waals surface area contributed by atoms with E-state index in [1.807, 2.05) is 43.3 Å². The van der Waals surface area contributed by atoms with Gasteiger partial charge in [-0.25, -0.2) is 4.68 Å². The van der Waals surface area contributed by atoms with Crippen LogP contribution in [0.15, 0.2) is 53.3 Å². The number of halogens is 1. The lowest BCUT2D eigenvalue weighted by atomic mass is 9.71. The van der Waals surface area contributed by atoms with Crippen molar-refractivity contribution in [3.05, 3.63) is 70.2 Å². The van der Waals surface area contributed by atoms with Crippen molar-refractivity contribution in [3.63, 3.8) is 0 Å². The molecule has 0 atom stereocenters. The van der Waals surface area contributed by atoms with Crippen LogP contribution in [-0.4, -0.2) is 57.9 Å². The third-order valence-electron chi connectivity index (χ3n) is 7.42. The molecule has 0 radical (unpaired) electrons. The molecular weight excluding hydrogens is 520 g/mol. The minimum absolute atomic E-state index is 0.244. The summed E-state index contributed by atoms with van der Waals surface area (Å²) in [7, 11) is 0. The fraction of sp³-hybridized carbons (Fsp3) is 0.407. The summed E-state index contributed by atoms with van der Waals surface area (Å²) in [6, 6.07) is 14.5. The van der Waals surface area contributed by atoms with Crippen LogP contribution in [0.1, 0.15) is 47.4 Å². The number of rotatable bonds is 5. The van der Waals surface area contributed by atoms with E-state index < -0.39 is 5.41 Å². The van der Waals surface area contributed by atoms with Gasteiger partial charge < -0.3 is 10.1 Å². The molecule has 1 aliphatic heterocycles. The van der Waals surface area contributed by atoms with E-state index in [9.17, 15) is 10.1 Å². The fourth-order valence-electron chi connectivity index (χ4n) is 5.25. The first kappa shape index (κ1) is 24.6. The molecule has 1 amide bonds. The molecule has 0 spiro atoms. The van der Waals surface area contributed by atoms with E-state index in [2.05, 4.69) is 42.3 Å². The van der Waals surface area contributed by atoms with Crippen LogP contribution in [0.3, 0.4) is 0 Å². The Morgan fingerprint density at radius 2 is 1.86 bits per heavy atom. The maximum Gasteiger partial charge on any atom is 0.259 e. The Morgan fingerprint density at radius 3 is 2.50 bits per heavy atom. The van der Waals surface area contributed by atoms with Gasteiger partial charge >= 0.3 is 0 Å². The number of carbonyl (C=O) groups excluding carboxylic acids is 1. The molecule has 2 aromatic heterocycles. The van der Waals surface area contributed by atoms with E-state index in [-0.39, 0.29) is 5.91 Å². The highest BCUT2D eigenvalue weighted by molar-refractivity contribution is 9.10. The molecule has 2 aliphatic rings. The first-order valence-corrected chi connectivity index (χ1v) is 13.1. The zero-order valence-electron chi connectivity index (χ0n) is 20.3. The number of aromatic nitrogens is 3. The second-order valence-corrected chi connectivity index (χ2v) is 10.4. The average molecular weight is 549 g/mol. The van der Waals surface area contributed by atoms with Crippen molar-refractivity contribution in [2.45, 2.75) is 44.1 Å². The molecule has 2 fully saturated rings. The number of morpholine rings is 1. The van der Waals surface area contributed by atoms with Crippen molar-refractivity contribution >= 4 is 27.5 Å². The van der Waals surface area contributed by atoms with E-state index in [1.165, 1.54) is 0 Å². The highest BCUT2D eigenvalue weighted by Gasteiger charge is 2.40. The van der Waals surface area contributed by atoms with E-state index in [0.29, 0.717) is 17.3 Å². The van der Waals surface area contributed by atoms with Crippen molar-refractivity contribution in [2.24, 2.45) is 0 Å². The number of pyridine rings is 1. The quantitative estimate of drug-likeness (QED) is 0.499. The molecule has 36 heavy (non-hydrogen) atoms. The van der Waals surface area contributed by atoms with Crippen molar-refractivity contribution in [3.8, 4) is 11.8 Å². The zero-order valence-corrected chi connectivity index (χ0v) is 21.9. The molecule has 0 unspecified atom stereocenters. The van der Waals surface area contributed by atoms with Gasteiger partial charge in [-0.3, -0.25) is 14.7 Å². The Morgan fingerprint density at radius 1 is 1.14 bits per heavy atom. The van der Waals surface area contributed by atoms with Gasteiger partial charge in [-0.15, -0.1) is 0 Å². The van der Waals surface area contributed by atoms with Gasteiger partial charge in [0.15, 0.2) is 0 Å². The third-order valence-corrected chi connectivity index (χ3v) is 7.95. The smallest absolute Gasteiger partial charge is 0.259 e. The summed E-state index contributed by atoms with van der Waals surface area (Å²) in [6.07, 6.45) is 6.77. The number of nitriles is 1. The normalized spacial score (nSPS) is 22.6. The van der Waals surface area contributed by atoms with Crippen LogP contribution < -0.4 is 5.32 Å². The summed E-state index contributed by atoms with van der Waals surface area (Å²) < 4.78 is 8.20. The van der Waals surface area contributed by atoms with Gasteiger partial charge in [0.25, 0.3) is 5.91 Å². The van der Waals surface area contributed by atoms with Crippen molar-refractivity contribution in [1.82, 2.24) is 19.7 Å². The predicted octanol–water partition coefficient (Wildman–Crippen LogP) is 4.63. The first-order chi connectivity index (χ1) is 17.5. The molecule has 1 saturated carbocycles. The van der Waals surface area contributed by atoms with Crippen molar-refractivity contribution in [1.29, 1.82) is 5.26 Å². The highest BCUT2D eigenvalue weighted by atomic mass is 79.9. The molecule has 0 bridgehead atoms. The van der Waals surface area contributed by atoms with Crippen LogP contribution in [0.5, 0.6) is 0 Å². The lowest BCUT2D eigenvalue weighted by Gasteiger charge is -2.41. The molecule has 1 N–H and O–H groups in total. The number of hydrogen-bond donors (Lipinski definition) is 1. The molecule has 8 nitrogen and oxygen atoms in total. The Hall–Kier alpha value is -3.06. The lowest BCUT2D eigenvalue weighted by molar-refractivity contribution is 0.00493. The second-order valence-electron chi connectivity index (χ2n) is 9.49. The Balaban J connectivity index is 1.25. The largest absolute Gasteiger partial charge is 0.379 e. The highest BCUT2D eigenvalue weighted by Crippen LogP contribution is 2.40. The van der Waals surface area contributed by atoms with Crippen molar-refractivity contribution < 1.29 is 9.53 Å². The minimum atomic E-state index is -0.576. The number of hydrogen-bond acceptors (Lipinski definition) is 6. The molecule has 1 aliphatic carbocycles. The summed E-state index contributed by atoms with van der Waals surface area (Å²) in [6.45, 7) is 5.39. The Bertz CT molecular complexity index is 1250. The molecule has 186 valence electrons.